The van der Waals surface area contributed by atoms with Crippen LogP contribution in [0.4, 0.5) is 0 Å². The lowest BCUT2D eigenvalue weighted by Gasteiger charge is -2.29. The van der Waals surface area contributed by atoms with E-state index in [1.165, 1.54) is 49.9 Å². The Hall–Kier alpha value is -0.930. The van der Waals surface area contributed by atoms with Gasteiger partial charge in [0.15, 0.2) is 0 Å². The topological polar surface area (TPSA) is 28.2 Å². The summed E-state index contributed by atoms with van der Waals surface area (Å²) < 4.78 is 0. The summed E-state index contributed by atoms with van der Waals surface area (Å²) in [6.07, 6.45) is 8.84. The first-order valence-corrected chi connectivity index (χ1v) is 8.51. The van der Waals surface area contributed by atoms with E-state index < -0.39 is 0 Å². The van der Waals surface area contributed by atoms with Crippen LogP contribution in [0.5, 0.6) is 0 Å². The molecule has 118 valence electrons. The molecule has 1 aromatic heterocycles. The van der Waals surface area contributed by atoms with Gasteiger partial charge >= 0.3 is 0 Å². The fraction of sp³-hybridized carbons (Fsp3) is 0.722. The number of aromatic nitrogens is 1. The molecule has 0 atom stereocenters. The van der Waals surface area contributed by atoms with Gasteiger partial charge in [-0.1, -0.05) is 32.8 Å². The SMILES string of the molecule is CNCc1ccc(CN(CCC(C)C)C2CCCC2)nc1. The van der Waals surface area contributed by atoms with Crippen molar-refractivity contribution in [3.8, 4) is 0 Å². The van der Waals surface area contributed by atoms with Crippen LogP contribution in [0.1, 0.15) is 57.2 Å². The average molecular weight is 289 g/mol. The molecule has 1 N–H and O–H groups in total. The molecule has 1 aromatic rings. The summed E-state index contributed by atoms with van der Waals surface area (Å²) in [4.78, 5) is 7.33. The second-order valence-corrected chi connectivity index (χ2v) is 6.78. The Morgan fingerprint density at radius 3 is 2.62 bits per heavy atom. The van der Waals surface area contributed by atoms with Crippen molar-refractivity contribution in [2.24, 2.45) is 5.92 Å². The highest BCUT2D eigenvalue weighted by Crippen LogP contribution is 2.25. The third-order valence-electron chi connectivity index (χ3n) is 4.47. The second-order valence-electron chi connectivity index (χ2n) is 6.78. The van der Waals surface area contributed by atoms with E-state index in [-0.39, 0.29) is 0 Å². The van der Waals surface area contributed by atoms with Crippen molar-refractivity contribution in [2.45, 2.75) is 65.1 Å². The molecule has 21 heavy (non-hydrogen) atoms. The zero-order valence-corrected chi connectivity index (χ0v) is 13.9. The van der Waals surface area contributed by atoms with Gasteiger partial charge in [-0.05, 0) is 50.4 Å². The molecular formula is C18H31N3. The van der Waals surface area contributed by atoms with Gasteiger partial charge in [-0.15, -0.1) is 0 Å². The van der Waals surface area contributed by atoms with Gasteiger partial charge in [0.2, 0.25) is 0 Å². The van der Waals surface area contributed by atoms with Crippen molar-refractivity contribution in [3.05, 3.63) is 29.6 Å². The molecule has 0 amide bonds. The van der Waals surface area contributed by atoms with E-state index >= 15 is 0 Å². The van der Waals surface area contributed by atoms with Crippen LogP contribution < -0.4 is 5.32 Å². The molecule has 3 nitrogen and oxygen atoms in total. The highest BCUT2D eigenvalue weighted by Gasteiger charge is 2.22. The van der Waals surface area contributed by atoms with Crippen molar-refractivity contribution in [3.63, 3.8) is 0 Å². The van der Waals surface area contributed by atoms with Crippen molar-refractivity contribution >= 4 is 0 Å². The minimum absolute atomic E-state index is 0.778. The molecule has 1 heterocycles. The van der Waals surface area contributed by atoms with Crippen LogP contribution in [0, 0.1) is 5.92 Å². The van der Waals surface area contributed by atoms with E-state index in [1.807, 2.05) is 13.2 Å². The van der Waals surface area contributed by atoms with Gasteiger partial charge in [0.05, 0.1) is 5.69 Å². The lowest BCUT2D eigenvalue weighted by molar-refractivity contribution is 0.177. The maximum atomic E-state index is 4.65. The second kappa shape index (κ2) is 8.50. The molecule has 0 bridgehead atoms. The Labute approximate surface area is 130 Å². The lowest BCUT2D eigenvalue weighted by Crippen LogP contribution is -2.34. The van der Waals surface area contributed by atoms with E-state index in [2.05, 4.69) is 41.2 Å². The molecule has 2 rings (SSSR count). The molecule has 0 aliphatic heterocycles. The summed E-state index contributed by atoms with van der Waals surface area (Å²) in [5.74, 6) is 0.778. The van der Waals surface area contributed by atoms with Gasteiger partial charge in [0, 0.05) is 25.3 Å². The molecule has 0 unspecified atom stereocenters. The standard InChI is InChI=1S/C18H31N3/c1-15(2)10-11-21(18-6-4-5-7-18)14-17-9-8-16(12-19-3)13-20-17/h8-9,13,15,18-19H,4-7,10-12,14H2,1-3H3. The zero-order valence-electron chi connectivity index (χ0n) is 13.9. The Morgan fingerprint density at radius 1 is 1.29 bits per heavy atom. The van der Waals surface area contributed by atoms with Crippen LogP contribution in [-0.4, -0.2) is 29.5 Å². The van der Waals surface area contributed by atoms with Crippen LogP contribution in [0.15, 0.2) is 18.3 Å². The minimum Gasteiger partial charge on any atom is -0.316 e. The molecule has 1 saturated carbocycles. The molecule has 0 saturated heterocycles. The summed E-state index contributed by atoms with van der Waals surface area (Å²) in [5.41, 5.74) is 2.47. The predicted octanol–water partition coefficient (Wildman–Crippen LogP) is 3.59. The first-order chi connectivity index (χ1) is 10.2. The predicted molar refractivity (Wildman–Crippen MR) is 89.1 cm³/mol. The number of nitrogens with zero attached hydrogens (tertiary/aromatic N) is 2. The first-order valence-electron chi connectivity index (χ1n) is 8.51. The van der Waals surface area contributed by atoms with Gasteiger partial charge < -0.3 is 5.32 Å². The Bertz CT molecular complexity index is 393. The van der Waals surface area contributed by atoms with Gasteiger partial charge in [0.25, 0.3) is 0 Å². The third-order valence-corrected chi connectivity index (χ3v) is 4.47. The Morgan fingerprint density at radius 2 is 2.05 bits per heavy atom. The third kappa shape index (κ3) is 5.40. The Kier molecular flexibility index (Phi) is 6.65. The summed E-state index contributed by atoms with van der Waals surface area (Å²) in [5, 5.41) is 3.17. The summed E-state index contributed by atoms with van der Waals surface area (Å²) in [6, 6.07) is 5.18. The summed E-state index contributed by atoms with van der Waals surface area (Å²) >= 11 is 0. The van der Waals surface area contributed by atoms with Crippen molar-refractivity contribution in [2.75, 3.05) is 13.6 Å². The number of hydrogen-bond acceptors (Lipinski definition) is 3. The Balaban J connectivity index is 1.95. The maximum absolute atomic E-state index is 4.65. The van der Waals surface area contributed by atoms with Crippen molar-refractivity contribution in [1.29, 1.82) is 0 Å². The van der Waals surface area contributed by atoms with E-state index in [0.29, 0.717) is 0 Å². The van der Waals surface area contributed by atoms with Crippen LogP contribution in [0.25, 0.3) is 0 Å². The number of rotatable bonds is 8. The number of nitrogens with one attached hydrogen (secondary N) is 1. The highest BCUT2D eigenvalue weighted by atomic mass is 15.2. The van der Waals surface area contributed by atoms with Crippen LogP contribution in [0.2, 0.25) is 0 Å². The van der Waals surface area contributed by atoms with Crippen LogP contribution in [0.3, 0.4) is 0 Å². The smallest absolute Gasteiger partial charge is 0.0544 e. The molecule has 0 radical (unpaired) electrons. The molecule has 3 heteroatoms. The van der Waals surface area contributed by atoms with Gasteiger partial charge in [-0.2, -0.15) is 0 Å². The molecule has 0 aromatic carbocycles. The largest absolute Gasteiger partial charge is 0.316 e. The number of hydrogen-bond donors (Lipinski definition) is 1. The number of pyridine rings is 1. The molecule has 0 spiro atoms. The van der Waals surface area contributed by atoms with Gasteiger partial charge in [-0.3, -0.25) is 9.88 Å². The molecule has 1 aliphatic carbocycles. The quantitative estimate of drug-likeness (QED) is 0.792. The summed E-state index contributed by atoms with van der Waals surface area (Å²) in [6.45, 7) is 7.75. The molecule has 1 fully saturated rings. The normalized spacial score (nSPS) is 16.2. The van der Waals surface area contributed by atoms with Gasteiger partial charge in [-0.25, -0.2) is 0 Å². The lowest BCUT2D eigenvalue weighted by atomic mass is 10.1. The highest BCUT2D eigenvalue weighted by molar-refractivity contribution is 5.14. The van der Waals surface area contributed by atoms with E-state index in [4.69, 9.17) is 0 Å². The monoisotopic (exact) mass is 289 g/mol. The molecular weight excluding hydrogens is 258 g/mol. The van der Waals surface area contributed by atoms with Gasteiger partial charge in [0.1, 0.15) is 0 Å². The van der Waals surface area contributed by atoms with Crippen LogP contribution in [-0.2, 0) is 13.1 Å². The van der Waals surface area contributed by atoms with Crippen molar-refractivity contribution in [1.82, 2.24) is 15.2 Å². The maximum Gasteiger partial charge on any atom is 0.0544 e. The minimum atomic E-state index is 0.778. The van der Waals surface area contributed by atoms with Crippen LogP contribution >= 0.6 is 0 Å². The average Bonchev–Trinajstić information content (AvgIpc) is 2.99. The summed E-state index contributed by atoms with van der Waals surface area (Å²) in [7, 11) is 1.97. The first kappa shape index (κ1) is 16.4. The van der Waals surface area contributed by atoms with E-state index in [1.54, 1.807) is 0 Å². The fourth-order valence-corrected chi connectivity index (χ4v) is 3.15. The van der Waals surface area contributed by atoms with E-state index in [0.717, 1.165) is 25.0 Å². The molecule has 1 aliphatic rings. The zero-order chi connectivity index (χ0) is 15.1. The fourth-order valence-electron chi connectivity index (χ4n) is 3.15. The van der Waals surface area contributed by atoms with Crippen molar-refractivity contribution < 1.29 is 0 Å². The van der Waals surface area contributed by atoms with E-state index in [9.17, 15) is 0 Å².